The molecular weight excluding hydrogens is 268 g/mol. The maximum atomic E-state index is 12.3. The molecule has 0 spiro atoms. The fraction of sp³-hybridized carbons (Fsp3) is 0.938. The van der Waals surface area contributed by atoms with Gasteiger partial charge >= 0.3 is 0 Å². The first kappa shape index (κ1) is 13.4. The van der Waals surface area contributed by atoms with Crippen molar-refractivity contribution >= 4 is 17.7 Å². The maximum Gasteiger partial charge on any atom is 0.238 e. The highest BCUT2D eigenvalue weighted by Crippen LogP contribution is 2.59. The number of carbonyl (C=O) groups excluding carboxylic acids is 1. The number of thioether (sulfide) groups is 1. The van der Waals surface area contributed by atoms with Crippen LogP contribution < -0.4 is 10.6 Å². The van der Waals surface area contributed by atoms with Crippen molar-refractivity contribution in [3.05, 3.63) is 0 Å². The molecule has 1 unspecified atom stereocenters. The van der Waals surface area contributed by atoms with Gasteiger partial charge in [-0.3, -0.25) is 4.79 Å². The SMILES string of the molecule is O=C(NCC12CC3CC(CC(C3)C1)C2)C1CSCCN1. The number of nitrogens with one attached hydrogen (secondary N) is 2. The summed E-state index contributed by atoms with van der Waals surface area (Å²) in [6, 6.07) is 0.0441. The Balaban J connectivity index is 1.36. The Morgan fingerprint density at radius 1 is 1.15 bits per heavy atom. The average Bonchev–Trinajstić information content (AvgIpc) is 2.44. The van der Waals surface area contributed by atoms with Crippen molar-refractivity contribution in [2.45, 2.75) is 44.6 Å². The molecule has 1 amide bonds. The van der Waals surface area contributed by atoms with Crippen LogP contribution in [0.3, 0.4) is 0 Å². The zero-order valence-corrected chi connectivity index (χ0v) is 13.0. The Labute approximate surface area is 126 Å². The van der Waals surface area contributed by atoms with Gasteiger partial charge in [-0.1, -0.05) is 0 Å². The molecule has 4 bridgehead atoms. The summed E-state index contributed by atoms with van der Waals surface area (Å²) in [5.41, 5.74) is 0.465. The molecule has 3 nitrogen and oxygen atoms in total. The Bertz CT molecular complexity index is 357. The van der Waals surface area contributed by atoms with Gasteiger partial charge in [-0.05, 0) is 61.7 Å². The highest BCUT2D eigenvalue weighted by molar-refractivity contribution is 7.99. The lowest BCUT2D eigenvalue weighted by molar-refractivity contribution is -0.124. The van der Waals surface area contributed by atoms with Gasteiger partial charge in [0.05, 0.1) is 6.04 Å². The lowest BCUT2D eigenvalue weighted by atomic mass is 9.49. The van der Waals surface area contributed by atoms with E-state index in [1.165, 1.54) is 38.5 Å². The van der Waals surface area contributed by atoms with E-state index >= 15 is 0 Å². The van der Waals surface area contributed by atoms with E-state index in [9.17, 15) is 4.79 Å². The molecule has 0 radical (unpaired) electrons. The van der Waals surface area contributed by atoms with Gasteiger partial charge in [-0.25, -0.2) is 0 Å². The molecular formula is C16H26N2OS. The first-order chi connectivity index (χ1) is 9.72. The van der Waals surface area contributed by atoms with Gasteiger partial charge in [-0.2, -0.15) is 11.8 Å². The zero-order chi connectivity index (χ0) is 13.6. The van der Waals surface area contributed by atoms with Crippen LogP contribution in [0.5, 0.6) is 0 Å². The molecule has 5 rings (SSSR count). The maximum absolute atomic E-state index is 12.3. The molecule has 4 aliphatic carbocycles. The number of hydrogen-bond donors (Lipinski definition) is 2. The van der Waals surface area contributed by atoms with Crippen molar-refractivity contribution in [1.82, 2.24) is 10.6 Å². The highest BCUT2D eigenvalue weighted by atomic mass is 32.2. The number of rotatable bonds is 3. The summed E-state index contributed by atoms with van der Waals surface area (Å²) in [5.74, 6) is 5.24. The fourth-order valence-electron chi connectivity index (χ4n) is 5.64. The van der Waals surface area contributed by atoms with Gasteiger partial charge in [0, 0.05) is 24.6 Å². The predicted octanol–water partition coefficient (Wildman–Crippen LogP) is 2.02. The molecule has 1 heterocycles. The third-order valence-corrected chi connectivity index (χ3v) is 7.10. The Kier molecular flexibility index (Phi) is 3.50. The van der Waals surface area contributed by atoms with Gasteiger partial charge in [0.15, 0.2) is 0 Å². The zero-order valence-electron chi connectivity index (χ0n) is 12.2. The van der Waals surface area contributed by atoms with E-state index in [0.29, 0.717) is 5.41 Å². The van der Waals surface area contributed by atoms with Crippen LogP contribution in [0.2, 0.25) is 0 Å². The van der Waals surface area contributed by atoms with Gasteiger partial charge in [0.2, 0.25) is 5.91 Å². The van der Waals surface area contributed by atoms with Crippen molar-refractivity contribution < 1.29 is 4.79 Å². The van der Waals surface area contributed by atoms with Crippen molar-refractivity contribution in [1.29, 1.82) is 0 Å². The molecule has 1 aliphatic heterocycles. The quantitative estimate of drug-likeness (QED) is 0.837. The number of hydrogen-bond acceptors (Lipinski definition) is 3. The molecule has 4 heteroatoms. The van der Waals surface area contributed by atoms with E-state index in [0.717, 1.165) is 42.3 Å². The van der Waals surface area contributed by atoms with E-state index < -0.39 is 0 Å². The minimum atomic E-state index is 0.0441. The van der Waals surface area contributed by atoms with Crippen molar-refractivity contribution in [3.8, 4) is 0 Å². The summed E-state index contributed by atoms with van der Waals surface area (Å²) < 4.78 is 0. The van der Waals surface area contributed by atoms with Crippen LogP contribution >= 0.6 is 11.8 Å². The standard InChI is InChI=1S/C16H26N2OS/c19-15(14-9-20-2-1-17-14)18-10-16-6-11-3-12(7-16)5-13(4-11)8-16/h11-14,17H,1-10H2,(H,18,19). The second-order valence-electron chi connectivity index (χ2n) is 7.72. The summed E-state index contributed by atoms with van der Waals surface area (Å²) in [4.78, 5) is 12.3. The Morgan fingerprint density at radius 2 is 1.80 bits per heavy atom. The van der Waals surface area contributed by atoms with Gasteiger partial charge in [0.1, 0.15) is 0 Å². The van der Waals surface area contributed by atoms with Crippen molar-refractivity contribution in [2.24, 2.45) is 23.2 Å². The summed E-state index contributed by atoms with van der Waals surface area (Å²) in [6.07, 6.45) is 8.58. The van der Waals surface area contributed by atoms with E-state index in [4.69, 9.17) is 0 Å². The summed E-state index contributed by atoms with van der Waals surface area (Å²) in [7, 11) is 0. The van der Waals surface area contributed by atoms with Crippen LogP contribution in [0.25, 0.3) is 0 Å². The molecule has 0 aromatic carbocycles. The summed E-state index contributed by atoms with van der Waals surface area (Å²) in [5, 5.41) is 6.64. The lowest BCUT2D eigenvalue weighted by Gasteiger charge is -2.57. The van der Waals surface area contributed by atoms with Crippen LogP contribution in [-0.4, -0.2) is 36.5 Å². The third kappa shape index (κ3) is 2.50. The van der Waals surface area contributed by atoms with Gasteiger partial charge in [-0.15, -0.1) is 0 Å². The molecule has 1 saturated heterocycles. The van der Waals surface area contributed by atoms with Crippen molar-refractivity contribution in [3.63, 3.8) is 0 Å². The van der Waals surface area contributed by atoms with Crippen LogP contribution in [0.15, 0.2) is 0 Å². The van der Waals surface area contributed by atoms with E-state index in [-0.39, 0.29) is 11.9 Å². The smallest absolute Gasteiger partial charge is 0.238 e. The molecule has 1 atom stereocenters. The van der Waals surface area contributed by atoms with E-state index in [2.05, 4.69) is 10.6 Å². The average molecular weight is 294 g/mol. The molecule has 112 valence electrons. The largest absolute Gasteiger partial charge is 0.354 e. The first-order valence-corrected chi connectivity index (χ1v) is 9.47. The predicted molar refractivity (Wildman–Crippen MR) is 82.7 cm³/mol. The Hall–Kier alpha value is -0.220. The normalized spacial score (nSPS) is 46.4. The number of amides is 1. The van der Waals surface area contributed by atoms with Crippen LogP contribution in [0.1, 0.15) is 38.5 Å². The highest BCUT2D eigenvalue weighted by Gasteiger charge is 2.50. The van der Waals surface area contributed by atoms with Crippen LogP contribution in [0, 0.1) is 23.2 Å². The third-order valence-electron chi connectivity index (χ3n) is 6.04. The molecule has 20 heavy (non-hydrogen) atoms. The van der Waals surface area contributed by atoms with E-state index in [1.807, 2.05) is 11.8 Å². The minimum Gasteiger partial charge on any atom is -0.354 e. The molecule has 4 saturated carbocycles. The van der Waals surface area contributed by atoms with Gasteiger partial charge < -0.3 is 10.6 Å². The molecule has 5 aliphatic rings. The minimum absolute atomic E-state index is 0.0441. The van der Waals surface area contributed by atoms with Gasteiger partial charge in [0.25, 0.3) is 0 Å². The fourth-order valence-corrected chi connectivity index (χ4v) is 6.57. The second-order valence-corrected chi connectivity index (χ2v) is 8.87. The topological polar surface area (TPSA) is 41.1 Å². The molecule has 2 N–H and O–H groups in total. The number of carbonyl (C=O) groups is 1. The molecule has 0 aromatic rings. The summed E-state index contributed by atoms with van der Waals surface area (Å²) >= 11 is 1.89. The molecule has 5 fully saturated rings. The van der Waals surface area contributed by atoms with Crippen LogP contribution in [0.4, 0.5) is 0 Å². The second kappa shape index (κ2) is 5.20. The molecule has 0 aromatic heterocycles. The summed E-state index contributed by atoms with van der Waals surface area (Å²) in [6.45, 7) is 1.91. The first-order valence-electron chi connectivity index (χ1n) is 8.31. The van der Waals surface area contributed by atoms with Crippen molar-refractivity contribution in [2.75, 3.05) is 24.6 Å². The van der Waals surface area contributed by atoms with Crippen LogP contribution in [-0.2, 0) is 4.79 Å². The van der Waals surface area contributed by atoms with E-state index in [1.54, 1.807) is 0 Å². The monoisotopic (exact) mass is 294 g/mol. The Morgan fingerprint density at radius 3 is 2.35 bits per heavy atom. The lowest BCUT2D eigenvalue weighted by Crippen LogP contribution is -2.54.